The number of anilines is 1. The molecular weight excluding hydrogens is 618 g/mol. The number of ether oxygens (including phenoxy) is 2. The van der Waals surface area contributed by atoms with Gasteiger partial charge in [-0.2, -0.15) is 19.0 Å². The number of alkyl halides is 2. The van der Waals surface area contributed by atoms with Crippen LogP contribution in [0.15, 0.2) is 53.9 Å². The van der Waals surface area contributed by atoms with Gasteiger partial charge in [0.2, 0.25) is 5.91 Å². The van der Waals surface area contributed by atoms with Crippen molar-refractivity contribution in [3.8, 4) is 17.0 Å². The number of nitrogens with zero attached hydrogens (tertiary/aromatic N) is 7. The van der Waals surface area contributed by atoms with E-state index in [1.165, 1.54) is 27.7 Å². The molecule has 2 saturated heterocycles. The third-order valence-corrected chi connectivity index (χ3v) is 9.21. The Labute approximate surface area is 269 Å². The number of nitrogens with one attached hydrogen (secondary N) is 1. The van der Waals surface area contributed by atoms with E-state index in [9.17, 15) is 18.4 Å². The van der Waals surface area contributed by atoms with Crippen LogP contribution in [-0.2, 0) is 16.1 Å². The Morgan fingerprint density at radius 1 is 1.20 bits per heavy atom. The standard InChI is InChI=1S/C31H36F2N8O4S/c1-19(2)46-22-5-6-26(45-31(32)33)23(13-22)28-25(36-30(43)24-14-35-41-10-4-9-34-29(24)41)15-40(37-28)16-27(42)39-11-7-20(8-12-39)38(3)21-17-44-18-21/h4-6,9-10,13-15,19-21,31H,7-8,11-12,16-18H2,1-3H3,(H,36,43). The van der Waals surface area contributed by atoms with E-state index in [1.807, 2.05) is 18.7 Å². The molecule has 0 unspecified atom stereocenters. The van der Waals surface area contributed by atoms with Gasteiger partial charge in [0.25, 0.3) is 5.91 Å². The van der Waals surface area contributed by atoms with Crippen LogP contribution >= 0.6 is 11.8 Å². The molecule has 6 rings (SSSR count). The van der Waals surface area contributed by atoms with E-state index in [0.29, 0.717) is 30.8 Å². The maximum atomic E-state index is 13.5. The van der Waals surface area contributed by atoms with Gasteiger partial charge in [-0.1, -0.05) is 13.8 Å². The van der Waals surface area contributed by atoms with Gasteiger partial charge in [0.15, 0.2) is 5.65 Å². The number of halogens is 2. The minimum Gasteiger partial charge on any atom is -0.434 e. The number of likely N-dealkylation sites (tertiary alicyclic amines) is 1. The number of carbonyl (C=O) groups excluding carboxylic acids is 2. The second-order valence-electron chi connectivity index (χ2n) is 11.7. The van der Waals surface area contributed by atoms with Crippen molar-refractivity contribution in [2.45, 2.75) is 62.1 Å². The van der Waals surface area contributed by atoms with Crippen molar-refractivity contribution in [1.82, 2.24) is 34.2 Å². The summed E-state index contributed by atoms with van der Waals surface area (Å²) in [4.78, 5) is 36.2. The first-order valence-electron chi connectivity index (χ1n) is 15.2. The normalized spacial score (nSPS) is 16.0. The van der Waals surface area contributed by atoms with Gasteiger partial charge in [-0.15, -0.1) is 11.8 Å². The summed E-state index contributed by atoms with van der Waals surface area (Å²) in [7, 11) is 2.11. The predicted molar refractivity (Wildman–Crippen MR) is 168 cm³/mol. The molecule has 5 heterocycles. The van der Waals surface area contributed by atoms with Crippen molar-refractivity contribution < 1.29 is 27.8 Å². The molecule has 2 aliphatic heterocycles. The van der Waals surface area contributed by atoms with Crippen molar-refractivity contribution in [2.75, 3.05) is 38.7 Å². The number of hydrogen-bond donors (Lipinski definition) is 1. The molecule has 0 spiro atoms. The van der Waals surface area contributed by atoms with Gasteiger partial charge in [-0.3, -0.25) is 19.2 Å². The van der Waals surface area contributed by atoms with Crippen LogP contribution in [0.5, 0.6) is 5.75 Å². The van der Waals surface area contributed by atoms with E-state index in [4.69, 9.17) is 9.47 Å². The second kappa shape index (κ2) is 13.7. The van der Waals surface area contributed by atoms with Crippen LogP contribution in [0.4, 0.5) is 14.5 Å². The number of thioether (sulfide) groups is 1. The summed E-state index contributed by atoms with van der Waals surface area (Å²) in [6, 6.07) is 7.38. The maximum absolute atomic E-state index is 13.5. The van der Waals surface area contributed by atoms with Crippen molar-refractivity contribution in [2.24, 2.45) is 0 Å². The van der Waals surface area contributed by atoms with Crippen LogP contribution in [0.2, 0.25) is 0 Å². The van der Waals surface area contributed by atoms with Crippen molar-refractivity contribution >= 4 is 34.9 Å². The lowest BCUT2D eigenvalue weighted by Crippen LogP contribution is -2.54. The number of benzene rings is 1. The molecule has 0 atom stereocenters. The second-order valence-corrected chi connectivity index (χ2v) is 13.3. The molecule has 1 N–H and O–H groups in total. The molecule has 4 aromatic rings. The number of carbonyl (C=O) groups is 2. The van der Waals surface area contributed by atoms with Gasteiger partial charge in [0.1, 0.15) is 23.6 Å². The van der Waals surface area contributed by atoms with Crippen LogP contribution in [-0.4, -0.2) is 103 Å². The highest BCUT2D eigenvalue weighted by Crippen LogP contribution is 2.39. The average molecular weight is 655 g/mol. The minimum absolute atomic E-state index is 0.0937. The molecule has 2 fully saturated rings. The smallest absolute Gasteiger partial charge is 0.387 e. The Balaban J connectivity index is 1.28. The van der Waals surface area contributed by atoms with E-state index < -0.39 is 12.5 Å². The molecule has 0 bridgehead atoms. The highest BCUT2D eigenvalue weighted by molar-refractivity contribution is 7.99. The first kappa shape index (κ1) is 31.9. The molecule has 3 aromatic heterocycles. The number of amides is 2. The van der Waals surface area contributed by atoms with E-state index in [1.54, 1.807) is 42.4 Å². The summed E-state index contributed by atoms with van der Waals surface area (Å²) in [6.45, 7) is 3.58. The number of hydrogen-bond acceptors (Lipinski definition) is 9. The van der Waals surface area contributed by atoms with Gasteiger partial charge < -0.3 is 19.7 Å². The van der Waals surface area contributed by atoms with Crippen LogP contribution in [0.25, 0.3) is 16.9 Å². The molecule has 12 nitrogen and oxygen atoms in total. The lowest BCUT2D eigenvalue weighted by molar-refractivity contribution is -0.134. The molecule has 0 radical (unpaired) electrons. The van der Waals surface area contributed by atoms with Crippen LogP contribution in [0.3, 0.4) is 0 Å². The zero-order valence-electron chi connectivity index (χ0n) is 25.8. The Morgan fingerprint density at radius 3 is 2.67 bits per heavy atom. The quantitative estimate of drug-likeness (QED) is 0.237. The molecular formula is C31H36F2N8O4S. The van der Waals surface area contributed by atoms with Gasteiger partial charge >= 0.3 is 6.61 Å². The van der Waals surface area contributed by atoms with E-state index >= 15 is 0 Å². The van der Waals surface area contributed by atoms with E-state index in [0.717, 1.165) is 31.0 Å². The van der Waals surface area contributed by atoms with Crippen molar-refractivity contribution in [3.63, 3.8) is 0 Å². The Bertz CT molecular complexity index is 1700. The van der Waals surface area contributed by atoms with Gasteiger partial charge in [-0.25, -0.2) is 9.50 Å². The summed E-state index contributed by atoms with van der Waals surface area (Å²) in [5.74, 6) is -0.746. The summed E-state index contributed by atoms with van der Waals surface area (Å²) < 4.78 is 40.1. The zero-order chi connectivity index (χ0) is 32.4. The van der Waals surface area contributed by atoms with Gasteiger partial charge in [0.05, 0.1) is 31.1 Å². The Morgan fingerprint density at radius 2 is 1.98 bits per heavy atom. The number of piperidine rings is 1. The fourth-order valence-corrected chi connectivity index (χ4v) is 6.60. The molecule has 15 heteroatoms. The third-order valence-electron chi connectivity index (χ3n) is 8.21. The Hall–Kier alpha value is -4.08. The summed E-state index contributed by atoms with van der Waals surface area (Å²) in [6.07, 6.45) is 7.87. The van der Waals surface area contributed by atoms with Gasteiger partial charge in [-0.05, 0) is 44.2 Å². The van der Waals surface area contributed by atoms with Crippen molar-refractivity contribution in [3.05, 3.63) is 54.6 Å². The van der Waals surface area contributed by atoms with E-state index in [2.05, 4.69) is 32.4 Å². The lowest BCUT2D eigenvalue weighted by atomic mass is 10.0. The fraction of sp³-hybridized carbons (Fsp3) is 0.452. The summed E-state index contributed by atoms with van der Waals surface area (Å²) in [5, 5.41) is 11.9. The largest absolute Gasteiger partial charge is 0.434 e. The monoisotopic (exact) mass is 654 g/mol. The summed E-state index contributed by atoms with van der Waals surface area (Å²) in [5.41, 5.74) is 1.23. The predicted octanol–water partition coefficient (Wildman–Crippen LogP) is 4.27. The topological polar surface area (TPSA) is 119 Å². The molecule has 2 amide bonds. The molecule has 2 aliphatic rings. The molecule has 0 aliphatic carbocycles. The number of fused-ring (bicyclic) bond motifs is 1. The van der Waals surface area contributed by atoms with Crippen LogP contribution in [0.1, 0.15) is 37.0 Å². The highest BCUT2D eigenvalue weighted by Gasteiger charge is 2.32. The fourth-order valence-electron chi connectivity index (χ4n) is 5.73. The minimum atomic E-state index is -3.08. The molecule has 0 saturated carbocycles. The lowest BCUT2D eigenvalue weighted by Gasteiger charge is -2.43. The molecule has 46 heavy (non-hydrogen) atoms. The zero-order valence-corrected chi connectivity index (χ0v) is 26.6. The SMILES string of the molecule is CC(C)Sc1ccc(OC(F)F)c(-c2nn(CC(=O)N3CCC(N(C)C4COC4)CC3)cc2NC(=O)c2cnn3cccnc23)c1. The third kappa shape index (κ3) is 7.00. The summed E-state index contributed by atoms with van der Waals surface area (Å²) >= 11 is 1.54. The number of aromatic nitrogens is 5. The number of rotatable bonds is 11. The van der Waals surface area contributed by atoms with Gasteiger partial charge in [0, 0.05) is 53.4 Å². The van der Waals surface area contributed by atoms with E-state index in [-0.39, 0.29) is 46.0 Å². The highest BCUT2D eigenvalue weighted by atomic mass is 32.2. The molecule has 244 valence electrons. The maximum Gasteiger partial charge on any atom is 0.387 e. The number of likely N-dealkylation sites (N-methyl/N-ethyl adjacent to an activating group) is 1. The molecule has 1 aromatic carbocycles. The first-order valence-corrected chi connectivity index (χ1v) is 16.0. The Kier molecular flexibility index (Phi) is 9.52. The average Bonchev–Trinajstić information content (AvgIpc) is 3.60. The van der Waals surface area contributed by atoms with Crippen molar-refractivity contribution in [1.29, 1.82) is 0 Å². The first-order chi connectivity index (χ1) is 22.2. The van der Waals surface area contributed by atoms with Crippen LogP contribution in [0, 0.1) is 0 Å². The van der Waals surface area contributed by atoms with Crippen LogP contribution < -0.4 is 10.1 Å².